The minimum Gasteiger partial charge on any atom is -0.509 e. The van der Waals surface area contributed by atoms with Gasteiger partial charge in [0.25, 0.3) is 5.91 Å². The van der Waals surface area contributed by atoms with E-state index in [1.165, 1.54) is 19.3 Å². The number of hydrogen-bond acceptors (Lipinski definition) is 6. The van der Waals surface area contributed by atoms with E-state index in [-0.39, 0.29) is 17.4 Å². The van der Waals surface area contributed by atoms with Gasteiger partial charge in [0.15, 0.2) is 6.29 Å². The summed E-state index contributed by atoms with van der Waals surface area (Å²) < 4.78 is 5.96. The molecule has 2 atom stereocenters. The Balaban J connectivity index is 1.38. The first-order chi connectivity index (χ1) is 16.5. The fourth-order valence-corrected chi connectivity index (χ4v) is 4.77. The summed E-state index contributed by atoms with van der Waals surface area (Å²) >= 11 is 0. The average Bonchev–Trinajstić information content (AvgIpc) is 3.27. The Labute approximate surface area is 200 Å². The maximum Gasteiger partial charge on any atom is 0.262 e. The number of aliphatic hydroxyl groups is 1. The summed E-state index contributed by atoms with van der Waals surface area (Å²) in [6, 6.07) is 17.3. The number of nitrogens with one attached hydrogen (secondary N) is 1. The highest BCUT2D eigenvalue weighted by Crippen LogP contribution is 2.36. The molecular weight excluding hydrogens is 430 g/mol. The Kier molecular flexibility index (Phi) is 7.65. The Morgan fingerprint density at radius 2 is 1.82 bits per heavy atom. The predicted octanol–water partition coefficient (Wildman–Crippen LogP) is 4.09. The number of aldehydes is 1. The molecule has 1 unspecified atom stereocenters. The molecule has 34 heavy (non-hydrogen) atoms. The van der Waals surface area contributed by atoms with Crippen molar-refractivity contribution in [3.8, 4) is 0 Å². The normalized spacial score (nSPS) is 23.3. The number of carbonyl (C=O) groups is 2. The number of carbonyl (C=O) groups excluding carboxylic acids is 2. The molecule has 1 saturated carbocycles. The van der Waals surface area contributed by atoms with Crippen LogP contribution in [0.3, 0.4) is 0 Å². The quantitative estimate of drug-likeness (QED) is 0.179. The molecule has 180 valence electrons. The lowest BCUT2D eigenvalue weighted by atomic mass is 9.92. The van der Waals surface area contributed by atoms with Crippen LogP contribution in [0.4, 0.5) is 11.4 Å². The molecule has 1 aliphatic heterocycles. The maximum absolute atomic E-state index is 12.8. The number of anilines is 2. The van der Waals surface area contributed by atoms with Gasteiger partial charge in [0.2, 0.25) is 0 Å². The van der Waals surface area contributed by atoms with E-state index in [9.17, 15) is 14.7 Å². The van der Waals surface area contributed by atoms with Crippen molar-refractivity contribution in [3.63, 3.8) is 0 Å². The van der Waals surface area contributed by atoms with Crippen molar-refractivity contribution in [1.82, 2.24) is 0 Å². The summed E-state index contributed by atoms with van der Waals surface area (Å²) in [5.74, 6) is -1.05. The van der Waals surface area contributed by atoms with Crippen LogP contribution in [0.1, 0.15) is 44.1 Å². The molecule has 1 saturated heterocycles. The topological polar surface area (TPSA) is 105 Å². The molecule has 2 aliphatic rings. The molecule has 0 radical (unpaired) electrons. The lowest BCUT2D eigenvalue weighted by Crippen LogP contribution is -2.42. The van der Waals surface area contributed by atoms with E-state index in [0.29, 0.717) is 37.8 Å². The standard InChI is InChI=1S/C27H33N3O4/c28-27(14-13-23(17-27)34-19-20-7-3-1-4-8-20)25(32)24(18-31)26(33)29-21-9-11-22(12-10-21)30-15-5-2-6-16-30/h1,3-4,7-12,18,23,32H,2,5-6,13-17,19,28H2,(H,29,33)/b25-24-/t23-,27?/m1/s1. The molecule has 4 rings (SSSR count). The lowest BCUT2D eigenvalue weighted by molar-refractivity contribution is -0.115. The Morgan fingerprint density at radius 1 is 1.12 bits per heavy atom. The smallest absolute Gasteiger partial charge is 0.262 e. The first-order valence-corrected chi connectivity index (χ1v) is 12.0. The molecule has 2 aromatic rings. The van der Waals surface area contributed by atoms with Crippen molar-refractivity contribution >= 4 is 23.6 Å². The first-order valence-electron chi connectivity index (χ1n) is 12.0. The monoisotopic (exact) mass is 463 g/mol. The molecular formula is C27H33N3O4. The Morgan fingerprint density at radius 3 is 2.50 bits per heavy atom. The summed E-state index contributed by atoms with van der Waals surface area (Å²) in [5.41, 5.74) is 7.64. The first kappa shape index (κ1) is 24.0. The van der Waals surface area contributed by atoms with Crippen LogP contribution in [0.2, 0.25) is 0 Å². The fourth-order valence-electron chi connectivity index (χ4n) is 4.77. The number of aliphatic hydroxyl groups excluding tert-OH is 1. The van der Waals surface area contributed by atoms with Crippen LogP contribution in [-0.4, -0.2) is 42.0 Å². The van der Waals surface area contributed by atoms with Crippen molar-refractivity contribution in [2.24, 2.45) is 5.73 Å². The number of nitrogens with two attached hydrogens (primary N) is 1. The molecule has 4 N–H and O–H groups in total. The van der Waals surface area contributed by atoms with Crippen LogP contribution < -0.4 is 16.0 Å². The molecule has 0 aromatic heterocycles. The van der Waals surface area contributed by atoms with Crippen molar-refractivity contribution < 1.29 is 19.4 Å². The van der Waals surface area contributed by atoms with Crippen molar-refractivity contribution in [3.05, 3.63) is 71.5 Å². The average molecular weight is 464 g/mol. The van der Waals surface area contributed by atoms with E-state index in [1.54, 1.807) is 0 Å². The zero-order valence-electron chi connectivity index (χ0n) is 19.4. The van der Waals surface area contributed by atoms with Crippen molar-refractivity contribution in [2.45, 2.75) is 56.8 Å². The Hall–Kier alpha value is -3.16. The highest BCUT2D eigenvalue weighted by Gasteiger charge is 2.42. The molecule has 2 fully saturated rings. The van der Waals surface area contributed by atoms with Gasteiger partial charge in [0, 0.05) is 24.5 Å². The van der Waals surface area contributed by atoms with E-state index >= 15 is 0 Å². The van der Waals surface area contributed by atoms with Crippen LogP contribution in [0.5, 0.6) is 0 Å². The predicted molar refractivity (Wildman–Crippen MR) is 133 cm³/mol. The van der Waals surface area contributed by atoms with Gasteiger partial charge in [0.1, 0.15) is 11.3 Å². The molecule has 1 amide bonds. The van der Waals surface area contributed by atoms with Gasteiger partial charge in [-0.2, -0.15) is 0 Å². The van der Waals surface area contributed by atoms with Crippen LogP contribution in [0.15, 0.2) is 65.9 Å². The molecule has 0 spiro atoms. The van der Waals surface area contributed by atoms with Gasteiger partial charge in [-0.1, -0.05) is 30.3 Å². The second kappa shape index (κ2) is 10.8. The van der Waals surface area contributed by atoms with Crippen LogP contribution in [0.25, 0.3) is 0 Å². The van der Waals surface area contributed by atoms with Gasteiger partial charge < -0.3 is 25.8 Å². The van der Waals surface area contributed by atoms with E-state index in [0.717, 1.165) is 24.3 Å². The number of nitrogens with zero attached hydrogens (tertiary/aromatic N) is 1. The fraction of sp³-hybridized carbons (Fsp3) is 0.407. The highest BCUT2D eigenvalue weighted by atomic mass is 16.5. The van der Waals surface area contributed by atoms with Crippen LogP contribution in [0, 0.1) is 0 Å². The van der Waals surface area contributed by atoms with E-state index in [2.05, 4.69) is 10.2 Å². The molecule has 1 heterocycles. The van der Waals surface area contributed by atoms with Gasteiger partial charge in [0.05, 0.1) is 18.2 Å². The number of amides is 1. The van der Waals surface area contributed by atoms with Gasteiger partial charge in [-0.25, -0.2) is 0 Å². The number of rotatable bonds is 8. The second-order valence-electron chi connectivity index (χ2n) is 9.25. The van der Waals surface area contributed by atoms with Gasteiger partial charge in [-0.05, 0) is 68.4 Å². The minimum absolute atomic E-state index is 0.161. The maximum atomic E-state index is 12.8. The van der Waals surface area contributed by atoms with E-state index in [1.807, 2.05) is 54.6 Å². The third-order valence-corrected chi connectivity index (χ3v) is 6.77. The summed E-state index contributed by atoms with van der Waals surface area (Å²) in [7, 11) is 0. The zero-order chi connectivity index (χ0) is 24.0. The van der Waals surface area contributed by atoms with E-state index in [4.69, 9.17) is 10.5 Å². The van der Waals surface area contributed by atoms with Gasteiger partial charge in [-0.3, -0.25) is 9.59 Å². The summed E-state index contributed by atoms with van der Waals surface area (Å²) in [6.07, 6.45) is 5.24. The minimum atomic E-state index is -1.17. The SMILES string of the molecule is NC1(/C(O)=C(\C=O)C(=O)Nc2ccc(N3CCCCC3)cc2)CC[C@@H](OCc2ccccc2)C1. The number of benzene rings is 2. The molecule has 0 bridgehead atoms. The summed E-state index contributed by atoms with van der Waals surface area (Å²) in [4.78, 5) is 26.9. The summed E-state index contributed by atoms with van der Waals surface area (Å²) in [5, 5.41) is 13.5. The van der Waals surface area contributed by atoms with E-state index < -0.39 is 11.4 Å². The van der Waals surface area contributed by atoms with Gasteiger partial charge in [-0.15, -0.1) is 0 Å². The van der Waals surface area contributed by atoms with Crippen molar-refractivity contribution in [2.75, 3.05) is 23.3 Å². The largest absolute Gasteiger partial charge is 0.509 e. The molecule has 2 aromatic carbocycles. The van der Waals surface area contributed by atoms with Crippen molar-refractivity contribution in [1.29, 1.82) is 0 Å². The number of piperidine rings is 1. The zero-order valence-corrected chi connectivity index (χ0v) is 19.4. The highest BCUT2D eigenvalue weighted by molar-refractivity contribution is 6.17. The third kappa shape index (κ3) is 5.66. The third-order valence-electron chi connectivity index (χ3n) is 6.77. The van der Waals surface area contributed by atoms with Crippen LogP contribution in [-0.2, 0) is 20.9 Å². The lowest BCUT2D eigenvalue weighted by Gasteiger charge is -2.28. The molecule has 7 nitrogen and oxygen atoms in total. The molecule has 1 aliphatic carbocycles. The van der Waals surface area contributed by atoms with Crippen LogP contribution >= 0.6 is 0 Å². The number of ether oxygens (including phenoxy) is 1. The Bertz CT molecular complexity index is 1020. The second-order valence-corrected chi connectivity index (χ2v) is 9.25. The summed E-state index contributed by atoms with van der Waals surface area (Å²) in [6.45, 7) is 2.51. The molecule has 7 heteroatoms. The number of hydrogen-bond donors (Lipinski definition) is 3. The van der Waals surface area contributed by atoms with Gasteiger partial charge >= 0.3 is 0 Å².